The molecule has 0 amide bonds. The number of rotatable bonds is 2. The number of hydrogen-bond acceptors (Lipinski definition) is 2. The van der Waals surface area contributed by atoms with Crippen molar-refractivity contribution in [3.8, 4) is 0 Å². The Morgan fingerprint density at radius 1 is 1.67 bits per heavy atom. The Bertz CT molecular complexity index is 335. The molecule has 0 saturated carbocycles. The summed E-state index contributed by atoms with van der Waals surface area (Å²) in [7, 11) is 0. The maximum absolute atomic E-state index is 12.4. The summed E-state index contributed by atoms with van der Waals surface area (Å²) in [5, 5.41) is 3.12. The first-order valence-corrected chi connectivity index (χ1v) is 5.22. The molecule has 0 fully saturated rings. The Morgan fingerprint density at radius 2 is 2.47 bits per heavy atom. The summed E-state index contributed by atoms with van der Waals surface area (Å²) in [5.41, 5.74) is 0.896. The average molecular weight is 215 g/mol. The molecule has 1 aliphatic rings. The van der Waals surface area contributed by atoms with Crippen LogP contribution < -0.4 is 5.32 Å². The van der Waals surface area contributed by atoms with Crippen molar-refractivity contribution in [1.82, 2.24) is 14.9 Å². The van der Waals surface area contributed by atoms with E-state index in [4.69, 9.17) is 0 Å². The highest BCUT2D eigenvalue weighted by atomic mass is 19.3. The second-order valence-electron chi connectivity index (χ2n) is 3.92. The summed E-state index contributed by atoms with van der Waals surface area (Å²) >= 11 is 0. The molecule has 1 aromatic heterocycles. The van der Waals surface area contributed by atoms with E-state index in [1.165, 1.54) is 0 Å². The molecule has 5 heteroatoms. The van der Waals surface area contributed by atoms with Gasteiger partial charge in [0.1, 0.15) is 5.82 Å². The summed E-state index contributed by atoms with van der Waals surface area (Å²) in [6.07, 6.45) is 0.450. The maximum atomic E-state index is 12.4. The lowest BCUT2D eigenvalue weighted by molar-refractivity contribution is 0.121. The van der Waals surface area contributed by atoms with E-state index in [2.05, 4.69) is 10.3 Å². The Hall–Kier alpha value is -0.970. The molecule has 0 aromatic carbocycles. The largest absolute Gasteiger partial charge is 0.333 e. The Labute approximate surface area is 87.5 Å². The molecule has 0 spiro atoms. The normalized spacial score (nSPS) is 21.5. The van der Waals surface area contributed by atoms with Crippen LogP contribution >= 0.6 is 0 Å². The molecule has 1 atom stereocenters. The fraction of sp³-hybridized carbons (Fsp3) is 0.700. The van der Waals surface area contributed by atoms with Gasteiger partial charge in [-0.25, -0.2) is 13.8 Å². The lowest BCUT2D eigenvalue weighted by Crippen LogP contribution is -2.24. The minimum absolute atomic E-state index is 0.156. The number of alkyl halides is 2. The van der Waals surface area contributed by atoms with E-state index in [-0.39, 0.29) is 12.5 Å². The van der Waals surface area contributed by atoms with Crippen molar-refractivity contribution < 1.29 is 8.78 Å². The Kier molecular flexibility index (Phi) is 3.00. The van der Waals surface area contributed by atoms with Gasteiger partial charge in [-0.3, -0.25) is 0 Å². The molecule has 1 aromatic rings. The Morgan fingerprint density at radius 3 is 3.20 bits per heavy atom. The van der Waals surface area contributed by atoms with Crippen molar-refractivity contribution in [3.63, 3.8) is 0 Å². The number of hydrogen-bond donors (Lipinski definition) is 1. The second-order valence-corrected chi connectivity index (χ2v) is 3.92. The van der Waals surface area contributed by atoms with E-state index in [1.54, 1.807) is 0 Å². The molecule has 1 N–H and O–H groups in total. The van der Waals surface area contributed by atoms with Crippen molar-refractivity contribution in [1.29, 1.82) is 0 Å². The van der Waals surface area contributed by atoms with E-state index in [0.717, 1.165) is 31.0 Å². The zero-order chi connectivity index (χ0) is 10.8. The van der Waals surface area contributed by atoms with Gasteiger partial charge in [0.25, 0.3) is 0 Å². The lowest BCUT2D eigenvalue weighted by Gasteiger charge is -2.14. The van der Waals surface area contributed by atoms with Crippen LogP contribution in [0.4, 0.5) is 8.78 Å². The number of imidazole rings is 1. The van der Waals surface area contributed by atoms with Gasteiger partial charge in [0.2, 0.25) is 6.43 Å². The molecule has 1 aliphatic heterocycles. The SMILES string of the molecule is Cc1cn2c(n1)C(CC(F)F)NCCC2. The predicted molar refractivity (Wildman–Crippen MR) is 52.9 cm³/mol. The Balaban J connectivity index is 2.24. The molecule has 1 unspecified atom stereocenters. The highest BCUT2D eigenvalue weighted by Crippen LogP contribution is 2.22. The van der Waals surface area contributed by atoms with Crippen LogP contribution in [0.5, 0.6) is 0 Å². The van der Waals surface area contributed by atoms with Crippen molar-refractivity contribution in [2.45, 2.75) is 38.8 Å². The van der Waals surface area contributed by atoms with E-state index in [1.807, 2.05) is 17.7 Å². The van der Waals surface area contributed by atoms with Crippen LogP contribution in [-0.4, -0.2) is 22.5 Å². The molecule has 0 bridgehead atoms. The molecular formula is C10H15F2N3. The lowest BCUT2D eigenvalue weighted by atomic mass is 10.2. The monoisotopic (exact) mass is 215 g/mol. The van der Waals surface area contributed by atoms with Crippen LogP contribution in [-0.2, 0) is 6.54 Å². The van der Waals surface area contributed by atoms with Gasteiger partial charge in [-0.1, -0.05) is 0 Å². The number of aromatic nitrogens is 2. The first-order valence-electron chi connectivity index (χ1n) is 5.22. The predicted octanol–water partition coefficient (Wildman–Crippen LogP) is 1.88. The average Bonchev–Trinajstić information content (AvgIpc) is 2.43. The standard InChI is InChI=1S/C10H15F2N3/c1-7-6-15-4-2-3-13-8(5-9(11)12)10(15)14-7/h6,8-9,13H,2-5H2,1H3. The molecule has 0 saturated heterocycles. The van der Waals surface area contributed by atoms with E-state index in [0.29, 0.717) is 0 Å². The van der Waals surface area contributed by atoms with Crippen molar-refractivity contribution in [2.75, 3.05) is 6.54 Å². The third-order valence-electron chi connectivity index (χ3n) is 2.62. The van der Waals surface area contributed by atoms with Gasteiger partial charge < -0.3 is 9.88 Å². The summed E-state index contributed by atoms with van der Waals surface area (Å²) in [6.45, 7) is 3.53. The summed E-state index contributed by atoms with van der Waals surface area (Å²) < 4.78 is 26.7. The highest BCUT2D eigenvalue weighted by molar-refractivity contribution is 5.07. The molecule has 3 nitrogen and oxygen atoms in total. The second kappa shape index (κ2) is 4.26. The molecule has 2 rings (SSSR count). The summed E-state index contributed by atoms with van der Waals surface area (Å²) in [6, 6.07) is -0.304. The van der Waals surface area contributed by atoms with E-state index < -0.39 is 6.43 Å². The van der Waals surface area contributed by atoms with Crippen LogP contribution in [0, 0.1) is 6.92 Å². The number of fused-ring (bicyclic) bond motifs is 1. The van der Waals surface area contributed by atoms with Crippen LogP contribution in [0.15, 0.2) is 6.20 Å². The highest BCUT2D eigenvalue weighted by Gasteiger charge is 2.23. The van der Waals surface area contributed by atoms with Crippen molar-refractivity contribution in [3.05, 3.63) is 17.7 Å². The van der Waals surface area contributed by atoms with Gasteiger partial charge in [0, 0.05) is 19.2 Å². The van der Waals surface area contributed by atoms with Gasteiger partial charge in [-0.15, -0.1) is 0 Å². The van der Waals surface area contributed by atoms with E-state index in [9.17, 15) is 8.78 Å². The van der Waals surface area contributed by atoms with Gasteiger partial charge >= 0.3 is 0 Å². The molecule has 15 heavy (non-hydrogen) atoms. The number of aryl methyl sites for hydroxylation is 2. The van der Waals surface area contributed by atoms with Gasteiger partial charge in [0.05, 0.1) is 11.7 Å². The summed E-state index contributed by atoms with van der Waals surface area (Å²) in [4.78, 5) is 4.31. The zero-order valence-electron chi connectivity index (χ0n) is 8.71. The van der Waals surface area contributed by atoms with Crippen molar-refractivity contribution >= 4 is 0 Å². The van der Waals surface area contributed by atoms with Crippen LogP contribution in [0.2, 0.25) is 0 Å². The van der Waals surface area contributed by atoms with Crippen LogP contribution in [0.1, 0.15) is 30.4 Å². The van der Waals surface area contributed by atoms with E-state index >= 15 is 0 Å². The molecule has 0 radical (unpaired) electrons. The quantitative estimate of drug-likeness (QED) is 0.816. The first kappa shape index (κ1) is 10.5. The zero-order valence-corrected chi connectivity index (χ0v) is 8.71. The van der Waals surface area contributed by atoms with Crippen LogP contribution in [0.25, 0.3) is 0 Å². The third kappa shape index (κ3) is 2.34. The number of nitrogens with one attached hydrogen (secondary N) is 1. The topological polar surface area (TPSA) is 29.9 Å². The molecular weight excluding hydrogens is 200 g/mol. The van der Waals surface area contributed by atoms with Crippen LogP contribution in [0.3, 0.4) is 0 Å². The molecule has 0 aliphatic carbocycles. The molecule has 84 valence electrons. The fourth-order valence-corrected chi connectivity index (χ4v) is 2.01. The number of nitrogens with zero attached hydrogens (tertiary/aromatic N) is 2. The summed E-state index contributed by atoms with van der Waals surface area (Å²) in [5.74, 6) is 0.755. The fourth-order valence-electron chi connectivity index (χ4n) is 2.01. The first-order chi connectivity index (χ1) is 7.16. The minimum atomic E-state index is -2.29. The van der Waals surface area contributed by atoms with Crippen molar-refractivity contribution in [2.24, 2.45) is 0 Å². The third-order valence-corrected chi connectivity index (χ3v) is 2.62. The smallest absolute Gasteiger partial charge is 0.240 e. The van der Waals surface area contributed by atoms with Gasteiger partial charge in [-0.2, -0.15) is 0 Å². The maximum Gasteiger partial charge on any atom is 0.240 e. The minimum Gasteiger partial charge on any atom is -0.333 e. The van der Waals surface area contributed by atoms with Gasteiger partial charge in [0.15, 0.2) is 0 Å². The number of halogens is 2. The molecule has 2 heterocycles. The van der Waals surface area contributed by atoms with Gasteiger partial charge in [-0.05, 0) is 19.9 Å².